The van der Waals surface area contributed by atoms with Crippen LogP contribution in [0.2, 0.25) is 0 Å². The third-order valence-corrected chi connectivity index (χ3v) is 4.79. The van der Waals surface area contributed by atoms with E-state index < -0.39 is 25.2 Å². The van der Waals surface area contributed by atoms with E-state index in [9.17, 15) is 20.4 Å². The van der Waals surface area contributed by atoms with Crippen LogP contribution in [0.1, 0.15) is 47.4 Å². The van der Waals surface area contributed by atoms with E-state index in [2.05, 4.69) is 0 Å². The Hall–Kier alpha value is 0.799. The molecule has 0 atom stereocenters. The number of aliphatic hydroxyl groups excluding tert-OH is 4. The van der Waals surface area contributed by atoms with Gasteiger partial charge in [0.2, 0.25) is 0 Å². The summed E-state index contributed by atoms with van der Waals surface area (Å²) in [7, 11) is 0. The molecule has 0 aliphatic rings. The monoisotopic (exact) mass is 774 g/mol. The van der Waals surface area contributed by atoms with E-state index in [1.807, 2.05) is 0 Å². The van der Waals surface area contributed by atoms with E-state index in [4.69, 9.17) is 40.9 Å². The molecular weight excluding hydrogens is 747 g/mol. The zero-order valence-electron chi connectivity index (χ0n) is 25.4. The second kappa shape index (κ2) is 33.0. The van der Waals surface area contributed by atoms with E-state index in [0.717, 1.165) is 0 Å². The minimum Gasteiger partial charge on any atom is -0.872 e. The van der Waals surface area contributed by atoms with Crippen LogP contribution in [0.15, 0.2) is 97.1 Å². The molecule has 0 bridgehead atoms. The van der Waals surface area contributed by atoms with Crippen molar-refractivity contribution < 1.29 is 214 Å². The van der Waals surface area contributed by atoms with Crippen LogP contribution in [-0.2, 0) is 34.1 Å². The summed E-state index contributed by atoms with van der Waals surface area (Å²) in [5.74, 6) is -1.40. The second-order valence-corrected chi connectivity index (χ2v) is 7.65. The molecule has 46 heavy (non-hydrogen) atoms. The van der Waals surface area contributed by atoms with Gasteiger partial charge in [-0.05, 0) is 22.3 Å². The van der Waals surface area contributed by atoms with Gasteiger partial charge in [0, 0.05) is 34.1 Å². The molecule has 0 heterocycles. The van der Waals surface area contributed by atoms with Gasteiger partial charge in [0.25, 0.3) is 0 Å². The number of rotatable bonds is 4. The third-order valence-electron chi connectivity index (χ3n) is 4.79. The summed E-state index contributed by atoms with van der Waals surface area (Å²) in [4.78, 5) is 0. The van der Waals surface area contributed by atoms with E-state index in [-0.39, 0.29) is 198 Å². The van der Waals surface area contributed by atoms with Crippen LogP contribution in [0.25, 0.3) is 0 Å². The normalized spacial score (nSPS) is 8.96. The van der Waals surface area contributed by atoms with Gasteiger partial charge in [-0.15, -0.1) is 23.0 Å². The van der Waals surface area contributed by atoms with Gasteiger partial charge < -0.3 is 61.3 Å². The molecule has 0 saturated heterocycles. The molecule has 12 nitrogen and oxygen atoms in total. The molecule has 238 valence electrons. The largest absolute Gasteiger partial charge is 1.00 e. The topological polar surface area (TPSA) is 254 Å². The standard InChI is InChI=1S/4C7H8O3.2Cu.4Na/c4*8-6-4-2-1-3-5(6)7(9)10;;;;;;/h4*1-4,7-10H;;;;;;/q;;;;;;4*+1/p-4. The van der Waals surface area contributed by atoms with Crippen LogP contribution >= 0.6 is 0 Å². The van der Waals surface area contributed by atoms with Crippen LogP contribution < -0.4 is 139 Å². The summed E-state index contributed by atoms with van der Waals surface area (Å²) < 4.78 is 0. The maximum Gasteiger partial charge on any atom is 1.00 e. The summed E-state index contributed by atoms with van der Waals surface area (Å²) >= 11 is 0. The van der Waals surface area contributed by atoms with Gasteiger partial charge in [0.05, 0.1) is 0 Å². The number of hydrogen-bond donors (Lipinski definition) is 8. The van der Waals surface area contributed by atoms with Crippen LogP contribution in [0.4, 0.5) is 0 Å². The van der Waals surface area contributed by atoms with Crippen LogP contribution in [0.5, 0.6) is 23.0 Å². The Labute approximate surface area is 375 Å². The molecule has 18 heteroatoms. The molecule has 0 saturated carbocycles. The van der Waals surface area contributed by atoms with Crippen molar-refractivity contribution in [1.29, 1.82) is 0 Å². The van der Waals surface area contributed by atoms with Crippen molar-refractivity contribution in [3.63, 3.8) is 0 Å². The molecule has 4 aromatic rings. The molecule has 0 spiro atoms. The third kappa shape index (κ3) is 23.2. The van der Waals surface area contributed by atoms with Gasteiger partial charge >= 0.3 is 118 Å². The maximum absolute atomic E-state index is 10.7. The van der Waals surface area contributed by atoms with Crippen LogP contribution in [0, 0.1) is 0 Å². The minimum atomic E-state index is -1.66. The molecule has 0 unspecified atom stereocenters. The summed E-state index contributed by atoms with van der Waals surface area (Å²) in [5, 5.41) is 111. The molecule has 4 aromatic carbocycles. The molecule has 0 aliphatic heterocycles. The fourth-order valence-electron chi connectivity index (χ4n) is 2.78. The van der Waals surface area contributed by atoms with Crippen molar-refractivity contribution in [3.8, 4) is 23.0 Å². The average molecular weight is 776 g/mol. The zero-order chi connectivity index (χ0) is 30.2. The quantitative estimate of drug-likeness (QED) is 0.0711. The van der Waals surface area contributed by atoms with Crippen molar-refractivity contribution >= 4 is 0 Å². The fourth-order valence-corrected chi connectivity index (χ4v) is 2.78. The van der Waals surface area contributed by atoms with E-state index in [1.54, 1.807) is 48.5 Å². The van der Waals surface area contributed by atoms with Crippen molar-refractivity contribution in [2.24, 2.45) is 0 Å². The van der Waals surface area contributed by atoms with Crippen molar-refractivity contribution in [3.05, 3.63) is 119 Å². The fraction of sp³-hybridized carbons (Fsp3) is 0.143. The number of aliphatic hydroxyl groups is 8. The summed E-state index contributed by atoms with van der Waals surface area (Å²) in [6.45, 7) is 0. The first kappa shape index (κ1) is 59.0. The molecule has 8 N–H and O–H groups in total. The summed E-state index contributed by atoms with van der Waals surface area (Å²) in [6.07, 6.45) is -6.63. The molecule has 4 rings (SSSR count). The predicted molar refractivity (Wildman–Crippen MR) is 132 cm³/mol. The zero-order valence-corrected chi connectivity index (χ0v) is 35.2. The first-order valence-corrected chi connectivity index (χ1v) is 11.3. The van der Waals surface area contributed by atoms with Crippen LogP contribution in [-0.4, -0.2) is 40.9 Å². The Morgan fingerprint density at radius 3 is 0.522 bits per heavy atom. The van der Waals surface area contributed by atoms with E-state index in [0.29, 0.717) is 0 Å². The van der Waals surface area contributed by atoms with Gasteiger partial charge in [0.15, 0.2) is 25.2 Å². The molecule has 0 aliphatic carbocycles. The number of para-hydroxylation sites is 4. The van der Waals surface area contributed by atoms with E-state index >= 15 is 0 Å². The number of hydrogen-bond acceptors (Lipinski definition) is 12. The number of benzene rings is 4. The Balaban J connectivity index is -0.000000111. The Morgan fingerprint density at radius 2 is 0.435 bits per heavy atom. The molecule has 2 radical (unpaired) electrons. The first-order valence-electron chi connectivity index (χ1n) is 11.3. The molecular formula is C28H28Cu2Na4O12. The van der Waals surface area contributed by atoms with Gasteiger partial charge in [-0.3, -0.25) is 0 Å². The molecule has 0 amide bonds. The molecule has 0 fully saturated rings. The molecule has 0 aromatic heterocycles. The maximum atomic E-state index is 10.7. The smallest absolute Gasteiger partial charge is 0.872 e. The van der Waals surface area contributed by atoms with Gasteiger partial charge in [-0.1, -0.05) is 97.1 Å². The Bertz CT molecular complexity index is 1110. The Kier molecular flexibility index (Phi) is 42.3. The first-order chi connectivity index (χ1) is 18.9. The predicted octanol–water partition coefficient (Wildman–Crippen LogP) is -13.0. The van der Waals surface area contributed by atoms with Crippen LogP contribution in [0.3, 0.4) is 0 Å². The summed E-state index contributed by atoms with van der Waals surface area (Å²) in [6, 6.07) is 23.2. The van der Waals surface area contributed by atoms with Crippen molar-refractivity contribution in [1.82, 2.24) is 0 Å². The van der Waals surface area contributed by atoms with Crippen molar-refractivity contribution in [2.75, 3.05) is 0 Å². The minimum absolute atomic E-state index is 0. The van der Waals surface area contributed by atoms with Gasteiger partial charge in [-0.25, -0.2) is 0 Å². The van der Waals surface area contributed by atoms with Crippen molar-refractivity contribution in [2.45, 2.75) is 25.2 Å². The average Bonchev–Trinajstić information content (AvgIpc) is 2.90. The van der Waals surface area contributed by atoms with Gasteiger partial charge in [0.1, 0.15) is 0 Å². The van der Waals surface area contributed by atoms with Gasteiger partial charge in [-0.2, -0.15) is 0 Å². The SMILES string of the molecule is [Cu].[Cu].[Na+].[Na+].[Na+].[Na+].[O-]c1ccccc1C(O)O.[O-]c1ccccc1C(O)O.[O-]c1ccccc1C(O)O.[O-]c1ccccc1C(O)O. The second-order valence-electron chi connectivity index (χ2n) is 7.65. The summed E-state index contributed by atoms with van der Waals surface area (Å²) in [5.41, 5.74) is 0.0648. The van der Waals surface area contributed by atoms with E-state index in [1.165, 1.54) is 48.5 Å². The Morgan fingerprint density at radius 1 is 0.304 bits per heavy atom.